The molecule has 0 radical (unpaired) electrons. The molecular formula is C14H13N3O2S2. The number of carbonyl (C=O) groups is 1. The van der Waals surface area contributed by atoms with Gasteiger partial charge in [0.2, 0.25) is 0 Å². The third-order valence-corrected chi connectivity index (χ3v) is 4.48. The lowest BCUT2D eigenvalue weighted by Crippen LogP contribution is -2.10. The first-order valence-electron chi connectivity index (χ1n) is 6.35. The third-order valence-electron chi connectivity index (χ3n) is 2.78. The monoisotopic (exact) mass is 319 g/mol. The van der Waals surface area contributed by atoms with Crippen LogP contribution in [-0.4, -0.2) is 17.5 Å². The number of thiazole rings is 1. The largest absolute Gasteiger partial charge is 0.491 e. The Balaban J connectivity index is 1.96. The van der Waals surface area contributed by atoms with Crippen LogP contribution in [0.1, 0.15) is 16.6 Å². The minimum atomic E-state index is -0.135. The molecular weight excluding hydrogens is 306 g/mol. The summed E-state index contributed by atoms with van der Waals surface area (Å²) in [6.07, 6.45) is 0. The van der Waals surface area contributed by atoms with E-state index in [0.717, 1.165) is 10.2 Å². The first kappa shape index (κ1) is 13.8. The van der Waals surface area contributed by atoms with Crippen LogP contribution in [0.2, 0.25) is 0 Å². The van der Waals surface area contributed by atoms with Gasteiger partial charge < -0.3 is 15.8 Å². The van der Waals surface area contributed by atoms with Gasteiger partial charge in [0.1, 0.15) is 11.3 Å². The van der Waals surface area contributed by atoms with Crippen molar-refractivity contribution in [2.24, 2.45) is 0 Å². The van der Waals surface area contributed by atoms with E-state index < -0.39 is 0 Å². The number of ether oxygens (including phenoxy) is 1. The van der Waals surface area contributed by atoms with E-state index in [4.69, 9.17) is 10.5 Å². The van der Waals surface area contributed by atoms with Crippen LogP contribution in [0, 0.1) is 0 Å². The number of carbonyl (C=O) groups excluding carboxylic acids is 1. The average molecular weight is 319 g/mol. The van der Waals surface area contributed by atoms with Gasteiger partial charge in [-0.2, -0.15) is 0 Å². The second kappa shape index (κ2) is 5.71. The highest BCUT2D eigenvalue weighted by Crippen LogP contribution is 2.34. The molecule has 21 heavy (non-hydrogen) atoms. The highest BCUT2D eigenvalue weighted by atomic mass is 32.1. The molecule has 3 N–H and O–H groups in total. The minimum Gasteiger partial charge on any atom is -0.491 e. The molecule has 0 spiro atoms. The molecule has 2 aromatic heterocycles. The molecule has 5 nitrogen and oxygen atoms in total. The van der Waals surface area contributed by atoms with E-state index in [1.165, 1.54) is 22.7 Å². The van der Waals surface area contributed by atoms with Crippen LogP contribution in [0.3, 0.4) is 0 Å². The fourth-order valence-electron chi connectivity index (χ4n) is 1.95. The van der Waals surface area contributed by atoms with Gasteiger partial charge in [-0.15, -0.1) is 11.3 Å². The molecule has 0 saturated heterocycles. The standard InChI is InChI=1S/C14H13N3O2S2/c1-2-19-9-6-8(7-11-12(9)17-14(15)21-11)16-13(18)10-4-3-5-20-10/h3-7H,2H2,1H3,(H2,15,17)(H,16,18). The van der Waals surface area contributed by atoms with Gasteiger partial charge in [-0.1, -0.05) is 17.4 Å². The molecule has 0 bridgehead atoms. The summed E-state index contributed by atoms with van der Waals surface area (Å²) < 4.78 is 6.47. The summed E-state index contributed by atoms with van der Waals surface area (Å²) in [4.78, 5) is 17.0. The quantitative estimate of drug-likeness (QED) is 0.770. The normalized spacial score (nSPS) is 10.7. The van der Waals surface area contributed by atoms with Gasteiger partial charge in [-0.3, -0.25) is 4.79 Å². The maximum Gasteiger partial charge on any atom is 0.265 e. The summed E-state index contributed by atoms with van der Waals surface area (Å²) in [6.45, 7) is 2.42. The van der Waals surface area contributed by atoms with Crippen molar-refractivity contribution in [1.82, 2.24) is 4.98 Å². The van der Waals surface area contributed by atoms with Crippen molar-refractivity contribution in [3.05, 3.63) is 34.5 Å². The van der Waals surface area contributed by atoms with Gasteiger partial charge in [-0.05, 0) is 24.4 Å². The highest BCUT2D eigenvalue weighted by molar-refractivity contribution is 7.22. The van der Waals surface area contributed by atoms with Crippen molar-refractivity contribution in [3.8, 4) is 5.75 Å². The number of anilines is 2. The third kappa shape index (κ3) is 2.84. The lowest BCUT2D eigenvalue weighted by Gasteiger charge is -2.08. The number of benzene rings is 1. The summed E-state index contributed by atoms with van der Waals surface area (Å²) in [7, 11) is 0. The van der Waals surface area contributed by atoms with E-state index in [9.17, 15) is 4.79 Å². The van der Waals surface area contributed by atoms with Crippen LogP contribution >= 0.6 is 22.7 Å². The van der Waals surface area contributed by atoms with Crippen LogP contribution in [-0.2, 0) is 0 Å². The van der Waals surface area contributed by atoms with Crippen molar-refractivity contribution in [3.63, 3.8) is 0 Å². The zero-order valence-corrected chi connectivity index (χ0v) is 12.9. The summed E-state index contributed by atoms with van der Waals surface area (Å²) in [5.74, 6) is 0.494. The predicted octanol–water partition coefficient (Wildman–Crippen LogP) is 3.59. The molecule has 0 aliphatic rings. The van der Waals surface area contributed by atoms with E-state index in [1.54, 1.807) is 12.1 Å². The highest BCUT2D eigenvalue weighted by Gasteiger charge is 2.13. The van der Waals surface area contributed by atoms with E-state index in [-0.39, 0.29) is 5.91 Å². The maximum atomic E-state index is 12.1. The molecule has 3 aromatic rings. The van der Waals surface area contributed by atoms with Crippen LogP contribution in [0.25, 0.3) is 10.2 Å². The molecule has 3 rings (SSSR count). The molecule has 1 amide bonds. The van der Waals surface area contributed by atoms with Gasteiger partial charge in [0.05, 0.1) is 16.2 Å². The molecule has 7 heteroatoms. The fraction of sp³-hybridized carbons (Fsp3) is 0.143. The number of hydrogen-bond acceptors (Lipinski definition) is 6. The second-order valence-corrected chi connectivity index (χ2v) is 6.25. The number of nitrogens with two attached hydrogens (primary N) is 1. The Morgan fingerprint density at radius 2 is 2.33 bits per heavy atom. The molecule has 0 saturated carbocycles. The smallest absolute Gasteiger partial charge is 0.265 e. The summed E-state index contributed by atoms with van der Waals surface area (Å²) in [6, 6.07) is 7.26. The Morgan fingerprint density at radius 1 is 1.48 bits per heavy atom. The first-order chi connectivity index (χ1) is 10.2. The first-order valence-corrected chi connectivity index (χ1v) is 8.04. The number of amides is 1. The molecule has 0 atom stereocenters. The van der Waals surface area contributed by atoms with E-state index in [1.807, 2.05) is 24.4 Å². The van der Waals surface area contributed by atoms with E-state index in [0.29, 0.717) is 28.1 Å². The number of nitrogens with zero attached hydrogens (tertiary/aromatic N) is 1. The Bertz CT molecular complexity index is 781. The minimum absolute atomic E-state index is 0.135. The molecule has 108 valence electrons. The second-order valence-electron chi connectivity index (χ2n) is 4.24. The van der Waals surface area contributed by atoms with Crippen molar-refractivity contribution >= 4 is 49.6 Å². The number of nitrogens with one attached hydrogen (secondary N) is 1. The number of rotatable bonds is 4. The number of fused-ring (bicyclic) bond motifs is 1. The predicted molar refractivity (Wildman–Crippen MR) is 87.5 cm³/mol. The number of aromatic nitrogens is 1. The molecule has 1 aromatic carbocycles. The SMILES string of the molecule is CCOc1cc(NC(=O)c2cccs2)cc2sc(N)nc12. The molecule has 2 heterocycles. The Kier molecular flexibility index (Phi) is 3.76. The van der Waals surface area contributed by atoms with Gasteiger partial charge in [-0.25, -0.2) is 4.98 Å². The summed E-state index contributed by atoms with van der Waals surface area (Å²) >= 11 is 2.77. The van der Waals surface area contributed by atoms with Crippen molar-refractivity contribution in [1.29, 1.82) is 0 Å². The van der Waals surface area contributed by atoms with Crippen LogP contribution in [0.4, 0.5) is 10.8 Å². The number of nitrogen functional groups attached to an aromatic ring is 1. The van der Waals surface area contributed by atoms with Gasteiger partial charge in [0.15, 0.2) is 5.13 Å². The lowest BCUT2D eigenvalue weighted by atomic mass is 10.2. The van der Waals surface area contributed by atoms with Crippen LogP contribution in [0.15, 0.2) is 29.6 Å². The molecule has 0 fully saturated rings. The molecule has 0 unspecified atom stereocenters. The van der Waals surface area contributed by atoms with Crippen LogP contribution < -0.4 is 15.8 Å². The lowest BCUT2D eigenvalue weighted by molar-refractivity contribution is 0.103. The zero-order chi connectivity index (χ0) is 14.8. The maximum absolute atomic E-state index is 12.1. The fourth-order valence-corrected chi connectivity index (χ4v) is 3.36. The number of hydrogen-bond donors (Lipinski definition) is 2. The zero-order valence-electron chi connectivity index (χ0n) is 11.3. The van der Waals surface area contributed by atoms with Gasteiger partial charge in [0.25, 0.3) is 5.91 Å². The van der Waals surface area contributed by atoms with Crippen molar-refractivity contribution in [2.75, 3.05) is 17.7 Å². The molecule has 0 aliphatic heterocycles. The summed E-state index contributed by atoms with van der Waals surface area (Å²) in [5, 5.41) is 5.22. The van der Waals surface area contributed by atoms with Crippen LogP contribution in [0.5, 0.6) is 5.75 Å². The average Bonchev–Trinajstić information content (AvgIpc) is 3.07. The van der Waals surface area contributed by atoms with E-state index in [2.05, 4.69) is 10.3 Å². The summed E-state index contributed by atoms with van der Waals surface area (Å²) in [5.41, 5.74) is 7.15. The van der Waals surface area contributed by atoms with Crippen molar-refractivity contribution < 1.29 is 9.53 Å². The Morgan fingerprint density at radius 3 is 3.05 bits per heavy atom. The van der Waals surface area contributed by atoms with E-state index >= 15 is 0 Å². The van der Waals surface area contributed by atoms with Crippen molar-refractivity contribution in [2.45, 2.75) is 6.92 Å². The topological polar surface area (TPSA) is 77.2 Å². The molecule has 0 aliphatic carbocycles. The Hall–Kier alpha value is -2.12. The number of thiophene rings is 1. The van der Waals surface area contributed by atoms with Gasteiger partial charge in [0, 0.05) is 11.8 Å². The van der Waals surface area contributed by atoms with Gasteiger partial charge >= 0.3 is 0 Å². The Labute approximate surface area is 129 Å².